The van der Waals surface area contributed by atoms with Crippen molar-refractivity contribution in [3.8, 4) is 0 Å². The van der Waals surface area contributed by atoms with E-state index in [2.05, 4.69) is 33.4 Å². The van der Waals surface area contributed by atoms with E-state index in [1.54, 1.807) is 0 Å². The Labute approximate surface area is 163 Å². The Balaban J connectivity index is 0.00000225. The van der Waals surface area contributed by atoms with Crippen molar-refractivity contribution in [1.29, 1.82) is 0 Å². The van der Waals surface area contributed by atoms with Crippen LogP contribution in [-0.4, -0.2) is 42.9 Å². The summed E-state index contributed by atoms with van der Waals surface area (Å²) in [5.41, 5.74) is 6.65. The molecule has 2 fully saturated rings. The van der Waals surface area contributed by atoms with Gasteiger partial charge in [-0.2, -0.15) is 0 Å². The van der Waals surface area contributed by atoms with Gasteiger partial charge in [0.25, 0.3) is 0 Å². The van der Waals surface area contributed by atoms with Gasteiger partial charge in [0, 0.05) is 36.6 Å². The van der Waals surface area contributed by atoms with E-state index in [4.69, 9.17) is 5.73 Å². The Bertz CT molecular complexity index is 628. The fraction of sp³-hybridized carbons (Fsp3) is 0.556. The van der Waals surface area contributed by atoms with Gasteiger partial charge in [0.05, 0.1) is 5.92 Å². The Hall–Kier alpha value is -1.11. The molecule has 3 unspecified atom stereocenters. The molecule has 0 bridgehead atoms. The molecule has 2 amide bonds. The lowest BCUT2D eigenvalue weighted by Gasteiger charge is -2.32. The number of likely N-dealkylation sites (tertiary alicyclic amines) is 1. The van der Waals surface area contributed by atoms with Crippen LogP contribution in [0.2, 0.25) is 0 Å². The van der Waals surface area contributed by atoms with Gasteiger partial charge < -0.3 is 16.0 Å². The zero-order valence-corrected chi connectivity index (χ0v) is 16.5. The maximum Gasteiger partial charge on any atom is 0.226 e. The van der Waals surface area contributed by atoms with Gasteiger partial charge in [0.1, 0.15) is 0 Å². The van der Waals surface area contributed by atoms with Crippen LogP contribution in [0.25, 0.3) is 0 Å². The number of hydrogen-bond donors (Lipinski definition) is 2. The molecular formula is C18H25BrClN3O2. The summed E-state index contributed by atoms with van der Waals surface area (Å²) >= 11 is 3.49. The van der Waals surface area contributed by atoms with Crippen LogP contribution in [-0.2, 0) is 9.59 Å². The van der Waals surface area contributed by atoms with E-state index in [9.17, 15) is 9.59 Å². The Morgan fingerprint density at radius 3 is 2.88 bits per heavy atom. The van der Waals surface area contributed by atoms with Crippen molar-refractivity contribution >= 4 is 40.2 Å². The Morgan fingerprint density at radius 1 is 1.36 bits per heavy atom. The third-order valence-electron chi connectivity index (χ3n) is 4.93. The molecule has 3 atom stereocenters. The molecule has 1 saturated heterocycles. The van der Waals surface area contributed by atoms with Gasteiger partial charge in [-0.05, 0) is 42.9 Å². The summed E-state index contributed by atoms with van der Waals surface area (Å²) in [6.45, 7) is 2.24. The van der Waals surface area contributed by atoms with Gasteiger partial charge in [-0.25, -0.2) is 0 Å². The summed E-state index contributed by atoms with van der Waals surface area (Å²) in [4.78, 5) is 26.8. The highest BCUT2D eigenvalue weighted by Crippen LogP contribution is 2.49. The highest BCUT2D eigenvalue weighted by atomic mass is 79.9. The number of nitrogens with zero attached hydrogens (tertiary/aromatic N) is 1. The number of nitrogens with two attached hydrogens (primary N) is 1. The minimum atomic E-state index is -0.0997. The minimum Gasteiger partial charge on any atom is -0.355 e. The van der Waals surface area contributed by atoms with E-state index in [0.29, 0.717) is 25.6 Å². The first-order valence-electron chi connectivity index (χ1n) is 8.62. The largest absolute Gasteiger partial charge is 0.355 e. The highest BCUT2D eigenvalue weighted by molar-refractivity contribution is 9.10. The molecule has 1 aromatic carbocycles. The average molecular weight is 431 g/mol. The average Bonchev–Trinajstić information content (AvgIpc) is 3.40. The molecule has 0 aromatic heterocycles. The van der Waals surface area contributed by atoms with E-state index in [-0.39, 0.29) is 36.1 Å². The lowest BCUT2D eigenvalue weighted by molar-refractivity contribution is -0.136. The second-order valence-corrected chi connectivity index (χ2v) is 7.62. The molecule has 0 radical (unpaired) electrons. The summed E-state index contributed by atoms with van der Waals surface area (Å²) in [6, 6.07) is 8.19. The van der Waals surface area contributed by atoms with Crippen LogP contribution in [0, 0.1) is 11.8 Å². The third kappa shape index (κ3) is 4.96. The van der Waals surface area contributed by atoms with Crippen molar-refractivity contribution in [2.75, 3.05) is 26.2 Å². The fourth-order valence-electron chi connectivity index (χ4n) is 3.54. The molecule has 138 valence electrons. The van der Waals surface area contributed by atoms with E-state index in [1.165, 1.54) is 5.56 Å². The van der Waals surface area contributed by atoms with Crippen LogP contribution in [0.3, 0.4) is 0 Å². The van der Waals surface area contributed by atoms with Crippen LogP contribution in [0.1, 0.15) is 30.7 Å². The third-order valence-corrected chi connectivity index (χ3v) is 5.43. The zero-order valence-electron chi connectivity index (χ0n) is 14.1. The summed E-state index contributed by atoms with van der Waals surface area (Å²) in [5.74, 6) is 0.525. The SMILES string of the molecule is Cl.NCCNC(=O)C1CCCN(C(=O)C2CC2c2cccc(Br)c2)C1. The topological polar surface area (TPSA) is 75.4 Å². The first-order chi connectivity index (χ1) is 11.6. The standard InChI is InChI=1S/C18H24BrN3O2.ClH/c19-14-5-1-3-12(9-14)15-10-16(15)18(24)22-8-2-4-13(11-22)17(23)21-7-6-20;/h1,3,5,9,13,15-16H,2,4,6-8,10-11,20H2,(H,21,23);1H. The van der Waals surface area contributed by atoms with E-state index < -0.39 is 0 Å². The molecule has 1 aromatic rings. The predicted molar refractivity (Wildman–Crippen MR) is 104 cm³/mol. The predicted octanol–water partition coefficient (Wildman–Crippen LogP) is 2.29. The quantitative estimate of drug-likeness (QED) is 0.752. The Kier molecular flexibility index (Phi) is 7.28. The number of piperidine rings is 1. The van der Waals surface area contributed by atoms with Gasteiger partial charge >= 0.3 is 0 Å². The van der Waals surface area contributed by atoms with Crippen LogP contribution in [0.5, 0.6) is 0 Å². The molecule has 3 N–H and O–H groups in total. The van der Waals surface area contributed by atoms with Crippen molar-refractivity contribution in [3.05, 3.63) is 34.3 Å². The molecule has 1 heterocycles. The summed E-state index contributed by atoms with van der Waals surface area (Å²) in [6.07, 6.45) is 2.65. The lowest BCUT2D eigenvalue weighted by Crippen LogP contribution is -2.46. The minimum absolute atomic E-state index is 0. The van der Waals surface area contributed by atoms with Crippen LogP contribution >= 0.6 is 28.3 Å². The van der Waals surface area contributed by atoms with Gasteiger partial charge in [0.2, 0.25) is 11.8 Å². The highest BCUT2D eigenvalue weighted by Gasteiger charge is 2.46. The first kappa shape index (κ1) is 20.2. The summed E-state index contributed by atoms with van der Waals surface area (Å²) in [7, 11) is 0. The number of benzene rings is 1. The molecule has 7 heteroatoms. The number of carbonyl (C=O) groups is 2. The first-order valence-corrected chi connectivity index (χ1v) is 9.41. The molecule has 2 aliphatic rings. The maximum atomic E-state index is 12.8. The van der Waals surface area contributed by atoms with Crippen molar-refractivity contribution in [1.82, 2.24) is 10.2 Å². The van der Waals surface area contributed by atoms with Gasteiger partial charge in [-0.15, -0.1) is 12.4 Å². The summed E-state index contributed by atoms with van der Waals surface area (Å²) in [5, 5.41) is 2.84. The van der Waals surface area contributed by atoms with Crippen LogP contribution in [0.4, 0.5) is 0 Å². The summed E-state index contributed by atoms with van der Waals surface area (Å²) < 4.78 is 1.05. The van der Waals surface area contributed by atoms with Crippen molar-refractivity contribution in [3.63, 3.8) is 0 Å². The van der Waals surface area contributed by atoms with Crippen molar-refractivity contribution < 1.29 is 9.59 Å². The number of amides is 2. The van der Waals surface area contributed by atoms with Crippen LogP contribution in [0.15, 0.2) is 28.7 Å². The van der Waals surface area contributed by atoms with Crippen LogP contribution < -0.4 is 11.1 Å². The van der Waals surface area contributed by atoms with Gasteiger partial charge in [0.15, 0.2) is 0 Å². The fourth-order valence-corrected chi connectivity index (χ4v) is 3.96. The number of hydrogen-bond acceptors (Lipinski definition) is 3. The number of nitrogens with one attached hydrogen (secondary N) is 1. The van der Waals surface area contributed by atoms with Crippen molar-refractivity contribution in [2.24, 2.45) is 17.6 Å². The second kappa shape index (κ2) is 9.01. The number of rotatable bonds is 5. The molecule has 0 spiro atoms. The second-order valence-electron chi connectivity index (χ2n) is 6.71. The molecular weight excluding hydrogens is 406 g/mol. The zero-order chi connectivity index (χ0) is 17.1. The monoisotopic (exact) mass is 429 g/mol. The maximum absolute atomic E-state index is 12.8. The van der Waals surface area contributed by atoms with E-state index in [1.807, 2.05) is 17.0 Å². The number of halogens is 2. The number of carbonyl (C=O) groups excluding carboxylic acids is 2. The lowest BCUT2D eigenvalue weighted by atomic mass is 9.96. The molecule has 25 heavy (non-hydrogen) atoms. The normalized spacial score (nSPS) is 25.0. The molecule has 5 nitrogen and oxygen atoms in total. The molecule has 1 saturated carbocycles. The van der Waals surface area contributed by atoms with Gasteiger partial charge in [-0.1, -0.05) is 28.1 Å². The van der Waals surface area contributed by atoms with Crippen molar-refractivity contribution in [2.45, 2.75) is 25.2 Å². The van der Waals surface area contributed by atoms with E-state index >= 15 is 0 Å². The molecule has 1 aliphatic heterocycles. The van der Waals surface area contributed by atoms with Gasteiger partial charge in [-0.3, -0.25) is 9.59 Å². The van der Waals surface area contributed by atoms with E-state index in [0.717, 1.165) is 30.3 Å². The molecule has 1 aliphatic carbocycles. The Morgan fingerprint density at radius 2 is 2.16 bits per heavy atom. The smallest absolute Gasteiger partial charge is 0.226 e. The molecule has 3 rings (SSSR count).